The third-order valence-corrected chi connectivity index (χ3v) is 3.63. The zero-order valence-electron chi connectivity index (χ0n) is 13.1. The molecule has 4 nitrogen and oxygen atoms in total. The van der Waals surface area contributed by atoms with Gasteiger partial charge >= 0.3 is 0 Å². The highest BCUT2D eigenvalue weighted by Crippen LogP contribution is 2.14. The van der Waals surface area contributed by atoms with Crippen LogP contribution in [0.15, 0.2) is 71.7 Å². The van der Waals surface area contributed by atoms with Gasteiger partial charge in [-0.25, -0.2) is 8.78 Å². The Balaban J connectivity index is 1.83. The molecule has 1 N–H and O–H groups in total. The molecule has 0 spiro atoms. The fourth-order valence-corrected chi connectivity index (χ4v) is 2.33. The van der Waals surface area contributed by atoms with Crippen LogP contribution in [0.3, 0.4) is 0 Å². The van der Waals surface area contributed by atoms with E-state index in [0.717, 1.165) is 5.56 Å². The molecule has 6 heteroatoms. The van der Waals surface area contributed by atoms with E-state index in [4.69, 9.17) is 0 Å². The van der Waals surface area contributed by atoms with Gasteiger partial charge in [0, 0.05) is 12.3 Å². The summed E-state index contributed by atoms with van der Waals surface area (Å²) in [7, 11) is 0. The maximum atomic E-state index is 13.6. The molecule has 1 heterocycles. The highest BCUT2D eigenvalue weighted by Gasteiger charge is 2.10. The molecule has 1 amide bonds. The lowest BCUT2D eigenvalue weighted by atomic mass is 10.2. The number of carbonyl (C=O) groups is 1. The Labute approximate surface area is 142 Å². The largest absolute Gasteiger partial charge is 0.319 e. The van der Waals surface area contributed by atoms with Crippen molar-refractivity contribution in [3.05, 3.63) is 100.0 Å². The van der Waals surface area contributed by atoms with E-state index in [9.17, 15) is 18.4 Å². The first kappa shape index (κ1) is 16.6. The zero-order chi connectivity index (χ0) is 17.8. The summed E-state index contributed by atoms with van der Waals surface area (Å²) in [6.07, 6.45) is 1.39. The van der Waals surface area contributed by atoms with Crippen LogP contribution in [0.4, 0.5) is 14.5 Å². The fourth-order valence-electron chi connectivity index (χ4n) is 2.33. The summed E-state index contributed by atoms with van der Waals surface area (Å²) in [5.74, 6) is -1.44. The molecule has 3 rings (SSSR count). The molecule has 0 bridgehead atoms. The molecule has 0 fully saturated rings. The van der Waals surface area contributed by atoms with E-state index in [-0.39, 0.29) is 29.2 Å². The first-order chi connectivity index (χ1) is 12.0. The minimum absolute atomic E-state index is 0.0591. The highest BCUT2D eigenvalue weighted by molar-refractivity contribution is 6.04. The second-order valence-electron chi connectivity index (χ2n) is 5.44. The molecular formula is C19H14F2N2O2. The van der Waals surface area contributed by atoms with Crippen molar-refractivity contribution >= 4 is 11.6 Å². The van der Waals surface area contributed by atoms with Crippen LogP contribution < -0.4 is 10.9 Å². The number of halogens is 2. The van der Waals surface area contributed by atoms with Crippen LogP contribution in [0.2, 0.25) is 0 Å². The van der Waals surface area contributed by atoms with Crippen LogP contribution in [-0.2, 0) is 6.54 Å². The molecule has 0 saturated carbocycles. The number of nitrogens with zero attached hydrogens (tertiary/aromatic N) is 1. The second-order valence-corrected chi connectivity index (χ2v) is 5.44. The molecule has 0 aliphatic carbocycles. The Bertz CT molecular complexity index is 966. The number of hydrogen-bond donors (Lipinski definition) is 1. The van der Waals surface area contributed by atoms with Crippen LogP contribution in [-0.4, -0.2) is 10.5 Å². The van der Waals surface area contributed by atoms with E-state index < -0.39 is 11.7 Å². The molecule has 0 aliphatic rings. The zero-order valence-corrected chi connectivity index (χ0v) is 13.1. The van der Waals surface area contributed by atoms with Gasteiger partial charge in [0.15, 0.2) is 0 Å². The van der Waals surface area contributed by atoms with Gasteiger partial charge in [0.05, 0.1) is 17.8 Å². The highest BCUT2D eigenvalue weighted by atomic mass is 19.1. The van der Waals surface area contributed by atoms with Crippen LogP contribution in [0.1, 0.15) is 15.9 Å². The molecule has 2 aromatic carbocycles. The quantitative estimate of drug-likeness (QED) is 0.791. The predicted molar refractivity (Wildman–Crippen MR) is 90.6 cm³/mol. The van der Waals surface area contributed by atoms with Gasteiger partial charge in [0.25, 0.3) is 11.5 Å². The summed E-state index contributed by atoms with van der Waals surface area (Å²) in [6.45, 7) is 0.194. The number of amides is 1. The number of aromatic nitrogens is 1. The third kappa shape index (κ3) is 3.98. The molecule has 0 saturated heterocycles. The summed E-state index contributed by atoms with van der Waals surface area (Å²) >= 11 is 0. The SMILES string of the molecule is O=C(Nc1ccccc1F)c1ccc(=O)n(Cc2ccc(F)cc2)c1. The lowest BCUT2D eigenvalue weighted by Crippen LogP contribution is -2.22. The van der Waals surface area contributed by atoms with Crippen molar-refractivity contribution in [3.8, 4) is 0 Å². The standard InChI is InChI=1S/C19H14F2N2O2/c20-15-8-5-13(6-9-15)11-23-12-14(7-10-18(23)24)19(25)22-17-4-2-1-3-16(17)21/h1-10,12H,11H2,(H,22,25). The molecule has 0 atom stereocenters. The minimum atomic E-state index is -0.546. The average Bonchev–Trinajstić information content (AvgIpc) is 2.60. The first-order valence-electron chi connectivity index (χ1n) is 7.54. The van der Waals surface area contributed by atoms with Crippen molar-refractivity contribution in [1.29, 1.82) is 0 Å². The first-order valence-corrected chi connectivity index (χ1v) is 7.54. The minimum Gasteiger partial charge on any atom is -0.319 e. The van der Waals surface area contributed by atoms with Gasteiger partial charge in [-0.2, -0.15) is 0 Å². The summed E-state index contributed by atoms with van der Waals surface area (Å²) in [5.41, 5.74) is 0.690. The summed E-state index contributed by atoms with van der Waals surface area (Å²) in [6, 6.07) is 14.2. The fraction of sp³-hybridized carbons (Fsp3) is 0.0526. The van der Waals surface area contributed by atoms with Crippen molar-refractivity contribution in [2.24, 2.45) is 0 Å². The molecule has 0 radical (unpaired) electrons. The van der Waals surface area contributed by atoms with Crippen molar-refractivity contribution < 1.29 is 13.6 Å². The van der Waals surface area contributed by atoms with Gasteiger partial charge in [-0.1, -0.05) is 24.3 Å². The number of anilines is 1. The maximum Gasteiger partial charge on any atom is 0.257 e. The number of pyridine rings is 1. The van der Waals surface area contributed by atoms with E-state index in [1.165, 1.54) is 53.2 Å². The molecule has 0 unspecified atom stereocenters. The van der Waals surface area contributed by atoms with E-state index in [1.54, 1.807) is 18.2 Å². The van der Waals surface area contributed by atoms with E-state index >= 15 is 0 Å². The Morgan fingerprint density at radius 1 is 0.960 bits per heavy atom. The molecule has 126 valence electrons. The van der Waals surface area contributed by atoms with Crippen LogP contribution in [0, 0.1) is 11.6 Å². The topological polar surface area (TPSA) is 51.1 Å². The normalized spacial score (nSPS) is 10.5. The number of benzene rings is 2. The van der Waals surface area contributed by atoms with Gasteiger partial charge in [-0.3, -0.25) is 9.59 Å². The molecule has 0 aliphatic heterocycles. The predicted octanol–water partition coefficient (Wildman–Crippen LogP) is 3.43. The smallest absolute Gasteiger partial charge is 0.257 e. The Morgan fingerprint density at radius 2 is 1.68 bits per heavy atom. The van der Waals surface area contributed by atoms with E-state index in [2.05, 4.69) is 5.32 Å². The van der Waals surface area contributed by atoms with Gasteiger partial charge in [0.2, 0.25) is 0 Å². The van der Waals surface area contributed by atoms with Gasteiger partial charge in [-0.15, -0.1) is 0 Å². The van der Waals surface area contributed by atoms with Gasteiger partial charge < -0.3 is 9.88 Å². The summed E-state index contributed by atoms with van der Waals surface area (Å²) in [5, 5.41) is 2.47. The number of carbonyl (C=O) groups excluding carboxylic acids is 1. The van der Waals surface area contributed by atoms with Crippen molar-refractivity contribution in [2.45, 2.75) is 6.54 Å². The number of para-hydroxylation sites is 1. The number of rotatable bonds is 4. The third-order valence-electron chi connectivity index (χ3n) is 3.63. The molecule has 25 heavy (non-hydrogen) atoms. The lowest BCUT2D eigenvalue weighted by Gasteiger charge is -2.10. The van der Waals surface area contributed by atoms with Crippen molar-refractivity contribution in [2.75, 3.05) is 5.32 Å². The molecule has 3 aromatic rings. The van der Waals surface area contributed by atoms with Crippen LogP contribution in [0.25, 0.3) is 0 Å². The van der Waals surface area contributed by atoms with Gasteiger partial charge in [0.1, 0.15) is 11.6 Å². The number of nitrogens with one attached hydrogen (secondary N) is 1. The Hall–Kier alpha value is -3.28. The maximum absolute atomic E-state index is 13.6. The molecule has 1 aromatic heterocycles. The second kappa shape index (κ2) is 7.09. The Morgan fingerprint density at radius 3 is 2.40 bits per heavy atom. The van der Waals surface area contributed by atoms with Crippen LogP contribution >= 0.6 is 0 Å². The van der Waals surface area contributed by atoms with E-state index in [1.807, 2.05) is 0 Å². The average molecular weight is 340 g/mol. The van der Waals surface area contributed by atoms with E-state index in [0.29, 0.717) is 0 Å². The Kier molecular flexibility index (Phi) is 4.70. The summed E-state index contributed by atoms with van der Waals surface area (Å²) in [4.78, 5) is 24.3. The monoisotopic (exact) mass is 340 g/mol. The lowest BCUT2D eigenvalue weighted by molar-refractivity contribution is 0.102. The van der Waals surface area contributed by atoms with Gasteiger partial charge in [-0.05, 0) is 35.9 Å². The molecular weight excluding hydrogens is 326 g/mol. The summed E-state index contributed by atoms with van der Waals surface area (Å²) < 4.78 is 27.9. The van der Waals surface area contributed by atoms with Crippen molar-refractivity contribution in [1.82, 2.24) is 4.57 Å². The van der Waals surface area contributed by atoms with Crippen LogP contribution in [0.5, 0.6) is 0 Å². The number of hydrogen-bond acceptors (Lipinski definition) is 2. The van der Waals surface area contributed by atoms with Crippen molar-refractivity contribution in [3.63, 3.8) is 0 Å².